The molecule has 1 saturated carbocycles. The van der Waals surface area contributed by atoms with Crippen molar-refractivity contribution < 1.29 is 9.13 Å². The molecule has 4 aliphatic rings. The Balaban J connectivity index is 1.28. The summed E-state index contributed by atoms with van der Waals surface area (Å²) in [6.07, 6.45) is 4.03. The fourth-order valence-corrected chi connectivity index (χ4v) is 4.78. The molecule has 3 aliphatic heterocycles. The van der Waals surface area contributed by atoms with Crippen molar-refractivity contribution in [2.45, 2.75) is 19.3 Å². The number of rotatable bonds is 4. The Morgan fingerprint density at radius 3 is 2.48 bits per heavy atom. The molecule has 0 spiro atoms. The lowest BCUT2D eigenvalue weighted by Crippen LogP contribution is -2.48. The maximum Gasteiger partial charge on any atom is 0.127 e. The van der Waals surface area contributed by atoms with E-state index in [1.807, 2.05) is 6.07 Å². The molecule has 1 aliphatic carbocycles. The van der Waals surface area contributed by atoms with Crippen molar-refractivity contribution in [1.29, 1.82) is 0 Å². The molecule has 0 aromatic heterocycles. The van der Waals surface area contributed by atoms with Crippen molar-refractivity contribution >= 4 is 0 Å². The van der Waals surface area contributed by atoms with Crippen LogP contribution in [0, 0.1) is 29.5 Å². The number of hydrogen-bond donors (Lipinski definition) is 0. The van der Waals surface area contributed by atoms with Gasteiger partial charge in [-0.1, -0.05) is 12.1 Å². The molecular weight excluding hydrogens is 313 g/mol. The predicted octanol–water partition coefficient (Wildman–Crippen LogP) is 4.90. The Kier molecular flexibility index (Phi) is 3.78. The molecule has 2 aromatic rings. The molecular formula is C22H23FNO. The van der Waals surface area contributed by atoms with Gasteiger partial charge in [-0.3, -0.25) is 0 Å². The van der Waals surface area contributed by atoms with E-state index in [1.165, 1.54) is 56.6 Å². The first kappa shape index (κ1) is 15.4. The number of benzene rings is 2. The summed E-state index contributed by atoms with van der Waals surface area (Å²) in [5.41, 5.74) is 1.32. The summed E-state index contributed by atoms with van der Waals surface area (Å²) < 4.78 is 18.9. The molecule has 3 heterocycles. The topological polar surface area (TPSA) is 12.5 Å². The van der Waals surface area contributed by atoms with Gasteiger partial charge in [-0.25, -0.2) is 4.39 Å². The zero-order valence-corrected chi connectivity index (χ0v) is 14.3. The molecule has 1 radical (unpaired) electrons. The molecule has 4 fully saturated rings. The van der Waals surface area contributed by atoms with Gasteiger partial charge in [0.25, 0.3) is 0 Å². The van der Waals surface area contributed by atoms with Gasteiger partial charge in [0.05, 0.1) is 0 Å². The van der Waals surface area contributed by atoms with E-state index >= 15 is 0 Å². The molecule has 129 valence electrons. The average Bonchev–Trinajstić information content (AvgIpc) is 3.46. The molecule has 2 aromatic carbocycles. The van der Waals surface area contributed by atoms with Gasteiger partial charge in [-0.05, 0) is 92.1 Å². The number of nitrogens with zero attached hydrogens (tertiary/aromatic N) is 1. The van der Waals surface area contributed by atoms with Crippen LogP contribution in [0.15, 0.2) is 48.5 Å². The summed E-state index contributed by atoms with van der Waals surface area (Å²) >= 11 is 0. The second-order valence-corrected chi connectivity index (χ2v) is 7.72. The van der Waals surface area contributed by atoms with Crippen molar-refractivity contribution in [1.82, 2.24) is 4.90 Å². The highest BCUT2D eigenvalue weighted by molar-refractivity contribution is 5.46. The first-order valence-corrected chi connectivity index (χ1v) is 9.38. The first-order chi connectivity index (χ1) is 12.3. The summed E-state index contributed by atoms with van der Waals surface area (Å²) in [4.78, 5) is 2.65. The molecule has 2 atom stereocenters. The second-order valence-electron chi connectivity index (χ2n) is 7.72. The van der Waals surface area contributed by atoms with Crippen molar-refractivity contribution in [2.75, 3.05) is 19.6 Å². The third-order valence-corrected chi connectivity index (χ3v) is 6.21. The van der Waals surface area contributed by atoms with Crippen LogP contribution < -0.4 is 4.74 Å². The van der Waals surface area contributed by atoms with Crippen LogP contribution in [-0.4, -0.2) is 24.5 Å². The van der Waals surface area contributed by atoms with Crippen molar-refractivity contribution in [3.63, 3.8) is 0 Å². The lowest BCUT2D eigenvalue weighted by atomic mass is 9.76. The number of halogens is 1. The Morgan fingerprint density at radius 2 is 1.76 bits per heavy atom. The number of fused-ring (bicyclic) bond motifs is 3. The average molecular weight is 336 g/mol. The number of piperidine rings is 3. The largest absolute Gasteiger partial charge is 0.457 e. The van der Waals surface area contributed by atoms with Crippen LogP contribution in [0.3, 0.4) is 0 Å². The highest BCUT2D eigenvalue weighted by atomic mass is 19.1. The minimum Gasteiger partial charge on any atom is -0.457 e. The minimum absolute atomic E-state index is 0.241. The summed E-state index contributed by atoms with van der Waals surface area (Å²) in [5, 5.41) is 0. The van der Waals surface area contributed by atoms with Gasteiger partial charge in [0, 0.05) is 12.5 Å². The Morgan fingerprint density at radius 1 is 0.960 bits per heavy atom. The molecule has 2 nitrogen and oxygen atoms in total. The van der Waals surface area contributed by atoms with Crippen LogP contribution in [0.2, 0.25) is 0 Å². The summed E-state index contributed by atoms with van der Waals surface area (Å²) in [5.74, 6) is 5.43. The molecule has 6 rings (SSSR count). The highest BCUT2D eigenvalue weighted by Gasteiger charge is 2.49. The van der Waals surface area contributed by atoms with Crippen LogP contribution in [0.25, 0.3) is 0 Å². The quantitative estimate of drug-likeness (QED) is 0.787. The third kappa shape index (κ3) is 3.06. The summed E-state index contributed by atoms with van der Waals surface area (Å²) in [6, 6.07) is 14.6. The van der Waals surface area contributed by atoms with Crippen LogP contribution >= 0.6 is 0 Å². The fraction of sp³-hybridized carbons (Fsp3) is 0.409. The zero-order valence-electron chi connectivity index (χ0n) is 14.3. The van der Waals surface area contributed by atoms with E-state index in [0.717, 1.165) is 23.5 Å². The highest BCUT2D eigenvalue weighted by Crippen LogP contribution is 2.56. The zero-order chi connectivity index (χ0) is 16.8. The Bertz CT molecular complexity index is 751. The Labute approximate surface area is 148 Å². The molecule has 25 heavy (non-hydrogen) atoms. The van der Waals surface area contributed by atoms with Gasteiger partial charge in [-0.2, -0.15) is 0 Å². The van der Waals surface area contributed by atoms with Gasteiger partial charge in [-0.15, -0.1) is 0 Å². The lowest BCUT2D eigenvalue weighted by molar-refractivity contribution is 0.0411. The molecule has 0 N–H and O–H groups in total. The summed E-state index contributed by atoms with van der Waals surface area (Å²) in [7, 11) is 0. The van der Waals surface area contributed by atoms with Gasteiger partial charge in [0.15, 0.2) is 0 Å². The predicted molar refractivity (Wildman–Crippen MR) is 96.0 cm³/mol. The molecule has 2 bridgehead atoms. The maximum absolute atomic E-state index is 13.0. The van der Waals surface area contributed by atoms with Crippen molar-refractivity contribution in [3.05, 3.63) is 65.8 Å². The molecule has 0 amide bonds. The number of hydrogen-bond acceptors (Lipinski definition) is 2. The van der Waals surface area contributed by atoms with Crippen LogP contribution in [0.1, 0.15) is 24.8 Å². The standard InChI is InChI=1S/C22H23FNO/c23-17-4-6-18(7-5-17)25-19-3-1-2-16(12-19)20-13-21(20)22-14-24-10-8-15(22)9-11-24/h1-7,12,15,21-22H,8-11,13-14H2. The van der Waals surface area contributed by atoms with Gasteiger partial charge < -0.3 is 9.64 Å². The first-order valence-electron chi connectivity index (χ1n) is 9.38. The van der Waals surface area contributed by atoms with E-state index in [1.54, 1.807) is 18.1 Å². The second kappa shape index (κ2) is 6.14. The lowest BCUT2D eigenvalue weighted by Gasteiger charge is -2.45. The van der Waals surface area contributed by atoms with E-state index in [0.29, 0.717) is 5.75 Å². The van der Waals surface area contributed by atoms with E-state index in [9.17, 15) is 4.39 Å². The van der Waals surface area contributed by atoms with Gasteiger partial charge >= 0.3 is 0 Å². The number of ether oxygens (including phenoxy) is 1. The van der Waals surface area contributed by atoms with E-state index in [2.05, 4.69) is 23.1 Å². The van der Waals surface area contributed by atoms with E-state index in [4.69, 9.17) is 4.74 Å². The third-order valence-electron chi connectivity index (χ3n) is 6.21. The molecule has 3 heteroatoms. The normalized spacial score (nSPS) is 31.1. The Hall–Kier alpha value is -1.87. The van der Waals surface area contributed by atoms with Gasteiger partial charge in [0.1, 0.15) is 17.3 Å². The maximum atomic E-state index is 13.0. The summed E-state index contributed by atoms with van der Waals surface area (Å²) in [6.45, 7) is 3.92. The smallest absolute Gasteiger partial charge is 0.127 e. The SMILES string of the molecule is Fc1ccc(Oc2cccc([C]3CC3C3CN4CCC3CC4)c2)cc1. The van der Waals surface area contributed by atoms with Crippen LogP contribution in [0.4, 0.5) is 4.39 Å². The van der Waals surface area contributed by atoms with E-state index < -0.39 is 0 Å². The van der Waals surface area contributed by atoms with E-state index in [-0.39, 0.29) is 5.82 Å². The van der Waals surface area contributed by atoms with Crippen LogP contribution in [0.5, 0.6) is 11.5 Å². The minimum atomic E-state index is -0.241. The van der Waals surface area contributed by atoms with Crippen LogP contribution in [-0.2, 0) is 0 Å². The molecule has 2 unspecified atom stereocenters. The van der Waals surface area contributed by atoms with Crippen molar-refractivity contribution in [2.24, 2.45) is 17.8 Å². The van der Waals surface area contributed by atoms with Crippen molar-refractivity contribution in [3.8, 4) is 11.5 Å². The molecule has 3 saturated heterocycles. The fourth-order valence-electron chi connectivity index (χ4n) is 4.78. The van der Waals surface area contributed by atoms with Gasteiger partial charge in [0.2, 0.25) is 0 Å². The monoisotopic (exact) mass is 336 g/mol.